The third kappa shape index (κ3) is 5.04. The number of hydrogen-bond donors (Lipinski definition) is 2. The number of rotatable bonds is 6. The standard InChI is InChI=1S/C23H24N4O2/c1-15(2)19-9-6-7-16(3)21(19)27-22(28)17-10-12-25-20(13-17)23(29)26-14-18-8-4-5-11-24-18/h4-13,15H,14H2,1-3H3,(H,26,29)(H,27,28). The Bertz CT molecular complexity index is 1020. The highest BCUT2D eigenvalue weighted by molar-refractivity contribution is 6.06. The zero-order chi connectivity index (χ0) is 20.8. The number of nitrogens with one attached hydrogen (secondary N) is 2. The third-order valence-electron chi connectivity index (χ3n) is 4.58. The number of nitrogens with zero attached hydrogens (tertiary/aromatic N) is 2. The molecule has 2 heterocycles. The van der Waals surface area contributed by atoms with Crippen molar-refractivity contribution in [2.75, 3.05) is 5.32 Å². The normalized spacial score (nSPS) is 10.6. The predicted octanol–water partition coefficient (Wildman–Crippen LogP) is 4.09. The number of aromatic nitrogens is 2. The largest absolute Gasteiger partial charge is 0.345 e. The molecule has 2 amide bonds. The first-order valence-corrected chi connectivity index (χ1v) is 9.50. The van der Waals surface area contributed by atoms with Crippen LogP contribution in [-0.2, 0) is 6.54 Å². The molecule has 3 aromatic rings. The van der Waals surface area contributed by atoms with Crippen molar-refractivity contribution >= 4 is 17.5 Å². The number of anilines is 1. The van der Waals surface area contributed by atoms with Gasteiger partial charge in [-0.1, -0.05) is 38.1 Å². The van der Waals surface area contributed by atoms with Crippen LogP contribution >= 0.6 is 0 Å². The maximum Gasteiger partial charge on any atom is 0.270 e. The van der Waals surface area contributed by atoms with Crippen molar-refractivity contribution in [2.24, 2.45) is 0 Å². The summed E-state index contributed by atoms with van der Waals surface area (Å²) in [6.07, 6.45) is 3.13. The van der Waals surface area contributed by atoms with Crippen LogP contribution in [0.3, 0.4) is 0 Å². The van der Waals surface area contributed by atoms with Crippen molar-refractivity contribution < 1.29 is 9.59 Å². The Morgan fingerprint density at radius 3 is 2.52 bits per heavy atom. The van der Waals surface area contributed by atoms with Crippen LogP contribution in [-0.4, -0.2) is 21.8 Å². The number of aryl methyl sites for hydroxylation is 1. The first-order valence-electron chi connectivity index (χ1n) is 9.50. The van der Waals surface area contributed by atoms with Gasteiger partial charge in [0.1, 0.15) is 5.69 Å². The fraction of sp³-hybridized carbons (Fsp3) is 0.217. The first kappa shape index (κ1) is 20.2. The molecule has 0 atom stereocenters. The van der Waals surface area contributed by atoms with E-state index in [-0.39, 0.29) is 23.4 Å². The summed E-state index contributed by atoms with van der Waals surface area (Å²) < 4.78 is 0. The van der Waals surface area contributed by atoms with Crippen LogP contribution in [0, 0.1) is 6.92 Å². The molecule has 0 spiro atoms. The molecule has 6 heteroatoms. The van der Waals surface area contributed by atoms with E-state index in [1.807, 2.05) is 43.3 Å². The molecule has 29 heavy (non-hydrogen) atoms. The van der Waals surface area contributed by atoms with Gasteiger partial charge in [-0.05, 0) is 48.2 Å². The van der Waals surface area contributed by atoms with Crippen molar-refractivity contribution in [1.29, 1.82) is 0 Å². The molecule has 1 aromatic carbocycles. The Labute approximate surface area is 170 Å². The lowest BCUT2D eigenvalue weighted by Crippen LogP contribution is -2.25. The van der Waals surface area contributed by atoms with Gasteiger partial charge in [0.05, 0.1) is 12.2 Å². The molecule has 6 nitrogen and oxygen atoms in total. The summed E-state index contributed by atoms with van der Waals surface area (Å²) >= 11 is 0. The van der Waals surface area contributed by atoms with E-state index in [1.54, 1.807) is 12.3 Å². The van der Waals surface area contributed by atoms with Crippen LogP contribution in [0.4, 0.5) is 5.69 Å². The van der Waals surface area contributed by atoms with E-state index < -0.39 is 0 Å². The highest BCUT2D eigenvalue weighted by Crippen LogP contribution is 2.27. The van der Waals surface area contributed by atoms with Crippen molar-refractivity contribution in [3.05, 3.63) is 89.0 Å². The minimum atomic E-state index is -0.357. The molecule has 0 radical (unpaired) electrons. The average Bonchev–Trinajstić information content (AvgIpc) is 2.74. The first-order chi connectivity index (χ1) is 14.0. The SMILES string of the molecule is Cc1cccc(C(C)C)c1NC(=O)c1ccnc(C(=O)NCc2ccccn2)c1. The van der Waals surface area contributed by atoms with Crippen LogP contribution in [0.15, 0.2) is 60.9 Å². The van der Waals surface area contributed by atoms with Gasteiger partial charge in [-0.15, -0.1) is 0 Å². The van der Waals surface area contributed by atoms with Gasteiger partial charge in [0, 0.05) is 23.6 Å². The third-order valence-corrected chi connectivity index (χ3v) is 4.58. The fourth-order valence-corrected chi connectivity index (χ4v) is 2.99. The summed E-state index contributed by atoms with van der Waals surface area (Å²) in [4.78, 5) is 33.5. The molecule has 0 unspecified atom stereocenters. The number of pyridine rings is 2. The van der Waals surface area contributed by atoms with Gasteiger partial charge >= 0.3 is 0 Å². The highest BCUT2D eigenvalue weighted by Gasteiger charge is 2.15. The lowest BCUT2D eigenvalue weighted by Gasteiger charge is -2.16. The molecule has 0 fully saturated rings. The summed E-state index contributed by atoms with van der Waals surface area (Å²) in [5.41, 5.74) is 4.18. The Morgan fingerprint density at radius 2 is 1.79 bits per heavy atom. The smallest absolute Gasteiger partial charge is 0.270 e. The van der Waals surface area contributed by atoms with Crippen LogP contribution in [0.25, 0.3) is 0 Å². The summed E-state index contributed by atoms with van der Waals surface area (Å²) in [6.45, 7) is 6.42. The molecule has 148 valence electrons. The monoisotopic (exact) mass is 388 g/mol. The van der Waals surface area contributed by atoms with Crippen LogP contribution in [0.2, 0.25) is 0 Å². The number of para-hydroxylation sites is 1. The van der Waals surface area contributed by atoms with Crippen molar-refractivity contribution in [3.8, 4) is 0 Å². The van der Waals surface area contributed by atoms with Crippen molar-refractivity contribution in [2.45, 2.75) is 33.2 Å². The van der Waals surface area contributed by atoms with Gasteiger partial charge in [0.2, 0.25) is 0 Å². The topological polar surface area (TPSA) is 84.0 Å². The lowest BCUT2D eigenvalue weighted by atomic mass is 9.98. The molecule has 3 rings (SSSR count). The van der Waals surface area contributed by atoms with Gasteiger partial charge in [0.15, 0.2) is 0 Å². The van der Waals surface area contributed by atoms with Crippen LogP contribution < -0.4 is 10.6 Å². The molecule has 2 N–H and O–H groups in total. The maximum atomic E-state index is 12.8. The quantitative estimate of drug-likeness (QED) is 0.666. The zero-order valence-corrected chi connectivity index (χ0v) is 16.8. The Kier molecular flexibility index (Phi) is 6.34. The number of carbonyl (C=O) groups is 2. The Hall–Kier alpha value is -3.54. The van der Waals surface area contributed by atoms with E-state index in [0.29, 0.717) is 12.1 Å². The lowest BCUT2D eigenvalue weighted by molar-refractivity contribution is 0.0945. The predicted molar refractivity (Wildman–Crippen MR) is 113 cm³/mol. The van der Waals surface area contributed by atoms with E-state index in [1.165, 1.54) is 12.3 Å². The van der Waals surface area contributed by atoms with Gasteiger partial charge < -0.3 is 10.6 Å². The van der Waals surface area contributed by atoms with E-state index in [9.17, 15) is 9.59 Å². The molecular weight excluding hydrogens is 364 g/mol. The highest BCUT2D eigenvalue weighted by atomic mass is 16.2. The molecule has 0 bridgehead atoms. The van der Waals surface area contributed by atoms with E-state index >= 15 is 0 Å². The van der Waals surface area contributed by atoms with Gasteiger partial charge in [-0.3, -0.25) is 19.6 Å². The second kappa shape index (κ2) is 9.10. The fourth-order valence-electron chi connectivity index (χ4n) is 2.99. The van der Waals surface area contributed by atoms with Gasteiger partial charge in [0.25, 0.3) is 11.8 Å². The van der Waals surface area contributed by atoms with Crippen LogP contribution in [0.1, 0.15) is 57.4 Å². The Morgan fingerprint density at radius 1 is 0.966 bits per heavy atom. The second-order valence-electron chi connectivity index (χ2n) is 7.08. The minimum absolute atomic E-state index is 0.183. The summed E-state index contributed by atoms with van der Waals surface area (Å²) in [5, 5.41) is 5.76. The number of benzene rings is 1. The van der Waals surface area contributed by atoms with Crippen LogP contribution in [0.5, 0.6) is 0 Å². The molecule has 0 aliphatic rings. The van der Waals surface area contributed by atoms with Crippen molar-refractivity contribution in [3.63, 3.8) is 0 Å². The molecule has 0 saturated carbocycles. The number of carbonyl (C=O) groups excluding carboxylic acids is 2. The average molecular weight is 388 g/mol. The summed E-state index contributed by atoms with van der Waals surface area (Å²) in [5.74, 6) is -0.359. The minimum Gasteiger partial charge on any atom is -0.345 e. The maximum absolute atomic E-state index is 12.8. The molecule has 0 aliphatic heterocycles. The molecular formula is C23H24N4O2. The molecule has 2 aromatic heterocycles. The summed E-state index contributed by atoms with van der Waals surface area (Å²) in [6, 6.07) is 14.5. The van der Waals surface area contributed by atoms with Gasteiger partial charge in [-0.25, -0.2) is 0 Å². The molecule has 0 aliphatic carbocycles. The number of amides is 2. The van der Waals surface area contributed by atoms with E-state index in [0.717, 1.165) is 22.5 Å². The van der Waals surface area contributed by atoms with E-state index in [4.69, 9.17) is 0 Å². The van der Waals surface area contributed by atoms with Crippen molar-refractivity contribution in [1.82, 2.24) is 15.3 Å². The second-order valence-corrected chi connectivity index (χ2v) is 7.08. The summed E-state index contributed by atoms with van der Waals surface area (Å²) in [7, 11) is 0. The molecule has 0 saturated heterocycles. The Balaban J connectivity index is 1.74. The van der Waals surface area contributed by atoms with Gasteiger partial charge in [-0.2, -0.15) is 0 Å². The van der Waals surface area contributed by atoms with E-state index in [2.05, 4.69) is 34.4 Å². The number of hydrogen-bond acceptors (Lipinski definition) is 4. The zero-order valence-electron chi connectivity index (χ0n) is 16.8.